The lowest BCUT2D eigenvalue weighted by atomic mass is 10.0. The maximum absolute atomic E-state index is 12.6. The maximum atomic E-state index is 12.6. The third-order valence-electron chi connectivity index (χ3n) is 4.13. The summed E-state index contributed by atoms with van der Waals surface area (Å²) in [6.07, 6.45) is 0.596. The summed E-state index contributed by atoms with van der Waals surface area (Å²) in [7, 11) is 5.54. The number of tetrazole rings is 1. The molecule has 1 aromatic carbocycles. The van der Waals surface area contributed by atoms with Crippen molar-refractivity contribution in [1.82, 2.24) is 30.0 Å². The number of benzene rings is 1. The van der Waals surface area contributed by atoms with Crippen LogP contribution in [0.2, 0.25) is 0 Å². The van der Waals surface area contributed by atoms with Crippen molar-refractivity contribution in [3.05, 3.63) is 29.8 Å². The largest absolute Gasteiger partial charge is 0.387 e. The van der Waals surface area contributed by atoms with Gasteiger partial charge in [0.25, 0.3) is 5.91 Å². The van der Waals surface area contributed by atoms with E-state index in [9.17, 15) is 9.90 Å². The Kier molecular flexibility index (Phi) is 4.33. The normalized spacial score (nSPS) is 20.8. The monoisotopic (exact) mass is 330 g/mol. The molecule has 2 heterocycles. The van der Waals surface area contributed by atoms with Crippen LogP contribution in [-0.2, 0) is 7.05 Å². The van der Waals surface area contributed by atoms with Gasteiger partial charge in [-0.1, -0.05) is 12.1 Å². The van der Waals surface area contributed by atoms with Gasteiger partial charge in [0.15, 0.2) is 0 Å². The van der Waals surface area contributed by atoms with E-state index in [4.69, 9.17) is 0 Å². The van der Waals surface area contributed by atoms with Crippen LogP contribution in [0.1, 0.15) is 16.8 Å². The first-order valence-electron chi connectivity index (χ1n) is 7.87. The van der Waals surface area contributed by atoms with Gasteiger partial charge in [-0.3, -0.25) is 4.79 Å². The second-order valence-electron chi connectivity index (χ2n) is 6.62. The van der Waals surface area contributed by atoms with E-state index >= 15 is 0 Å². The Morgan fingerprint density at radius 3 is 2.62 bits per heavy atom. The average molecular weight is 330 g/mol. The Morgan fingerprint density at radius 1 is 1.33 bits per heavy atom. The molecule has 1 fully saturated rings. The van der Waals surface area contributed by atoms with E-state index in [0.29, 0.717) is 37.4 Å². The zero-order chi connectivity index (χ0) is 17.3. The molecule has 3 rings (SSSR count). The van der Waals surface area contributed by atoms with E-state index in [-0.39, 0.29) is 5.91 Å². The first-order valence-corrected chi connectivity index (χ1v) is 7.87. The van der Waals surface area contributed by atoms with Gasteiger partial charge < -0.3 is 14.9 Å². The first-order chi connectivity index (χ1) is 11.4. The number of aryl methyl sites for hydroxylation is 1. The summed E-state index contributed by atoms with van der Waals surface area (Å²) in [6.45, 7) is 1.47. The maximum Gasteiger partial charge on any atom is 0.253 e. The molecule has 2 aromatic rings. The van der Waals surface area contributed by atoms with Crippen LogP contribution in [0.25, 0.3) is 11.4 Å². The number of nitrogens with zero attached hydrogens (tertiary/aromatic N) is 6. The number of amides is 1. The van der Waals surface area contributed by atoms with Gasteiger partial charge in [-0.05, 0) is 37.9 Å². The molecule has 1 amide bonds. The molecule has 0 spiro atoms. The molecule has 0 unspecified atom stereocenters. The van der Waals surface area contributed by atoms with E-state index in [1.54, 1.807) is 24.1 Å². The molecule has 1 N–H and O–H groups in total. The highest BCUT2D eigenvalue weighted by molar-refractivity contribution is 5.94. The number of hydrogen-bond donors (Lipinski definition) is 1. The van der Waals surface area contributed by atoms with Gasteiger partial charge in [-0.15, -0.1) is 10.2 Å². The fourth-order valence-corrected chi connectivity index (χ4v) is 3.09. The smallest absolute Gasteiger partial charge is 0.253 e. The predicted octanol–water partition coefficient (Wildman–Crippen LogP) is 0.0157. The highest BCUT2D eigenvalue weighted by Crippen LogP contribution is 2.24. The first kappa shape index (κ1) is 16.5. The van der Waals surface area contributed by atoms with Crippen molar-refractivity contribution >= 4 is 5.91 Å². The standard InChI is InChI=1S/C16H22N6O2/c1-20(2)10-16(24)8-9-22(11-16)15(23)13-6-4-12(5-7-13)14-17-19-21(3)18-14/h4-7,24H,8-11H2,1-3H3/t16-/m0/s1. The van der Waals surface area contributed by atoms with E-state index in [2.05, 4.69) is 15.4 Å². The summed E-state index contributed by atoms with van der Waals surface area (Å²) >= 11 is 0. The van der Waals surface area contributed by atoms with Crippen LogP contribution in [0.3, 0.4) is 0 Å². The van der Waals surface area contributed by atoms with Crippen molar-refractivity contribution < 1.29 is 9.90 Å². The molecule has 1 atom stereocenters. The molecule has 24 heavy (non-hydrogen) atoms. The van der Waals surface area contributed by atoms with Crippen LogP contribution in [0.5, 0.6) is 0 Å². The number of likely N-dealkylation sites (N-methyl/N-ethyl adjacent to an activating group) is 1. The summed E-state index contributed by atoms with van der Waals surface area (Å²) in [5.41, 5.74) is 0.574. The molecule has 1 aliphatic heterocycles. The number of aromatic nitrogens is 4. The summed E-state index contributed by atoms with van der Waals surface area (Å²) in [6, 6.07) is 7.15. The summed E-state index contributed by atoms with van der Waals surface area (Å²) in [5.74, 6) is 0.460. The molecule has 0 aliphatic carbocycles. The lowest BCUT2D eigenvalue weighted by Crippen LogP contribution is -2.43. The molecule has 8 heteroatoms. The highest BCUT2D eigenvalue weighted by Gasteiger charge is 2.38. The van der Waals surface area contributed by atoms with Crippen molar-refractivity contribution in [2.45, 2.75) is 12.0 Å². The van der Waals surface area contributed by atoms with Crippen molar-refractivity contribution in [1.29, 1.82) is 0 Å². The van der Waals surface area contributed by atoms with Crippen LogP contribution < -0.4 is 0 Å². The molecule has 0 saturated carbocycles. The molecule has 0 bridgehead atoms. The molecular formula is C16H22N6O2. The minimum absolute atomic E-state index is 0.0664. The van der Waals surface area contributed by atoms with Crippen molar-refractivity contribution in [3.8, 4) is 11.4 Å². The zero-order valence-corrected chi connectivity index (χ0v) is 14.2. The lowest BCUT2D eigenvalue weighted by molar-refractivity contribution is 0.0236. The second kappa shape index (κ2) is 6.29. The topological polar surface area (TPSA) is 87.4 Å². The van der Waals surface area contributed by atoms with Gasteiger partial charge in [-0.25, -0.2) is 0 Å². The highest BCUT2D eigenvalue weighted by atomic mass is 16.3. The van der Waals surface area contributed by atoms with Crippen molar-refractivity contribution in [2.24, 2.45) is 7.05 Å². The third kappa shape index (κ3) is 3.44. The van der Waals surface area contributed by atoms with Crippen molar-refractivity contribution in [2.75, 3.05) is 33.7 Å². The van der Waals surface area contributed by atoms with E-state index in [1.165, 1.54) is 4.80 Å². The van der Waals surface area contributed by atoms with E-state index < -0.39 is 5.60 Å². The molecule has 1 aromatic heterocycles. The van der Waals surface area contributed by atoms with Crippen LogP contribution in [0.4, 0.5) is 0 Å². The number of hydrogen-bond acceptors (Lipinski definition) is 6. The fourth-order valence-electron chi connectivity index (χ4n) is 3.09. The van der Waals surface area contributed by atoms with Gasteiger partial charge in [0.2, 0.25) is 5.82 Å². The Hall–Kier alpha value is -2.32. The molecule has 128 valence electrons. The van der Waals surface area contributed by atoms with Gasteiger partial charge in [0.05, 0.1) is 19.2 Å². The minimum Gasteiger partial charge on any atom is -0.387 e. The third-order valence-corrected chi connectivity index (χ3v) is 4.13. The molecule has 1 aliphatic rings. The van der Waals surface area contributed by atoms with Gasteiger partial charge in [-0.2, -0.15) is 4.80 Å². The van der Waals surface area contributed by atoms with Crippen LogP contribution in [0, 0.1) is 0 Å². The molecule has 8 nitrogen and oxygen atoms in total. The fraction of sp³-hybridized carbons (Fsp3) is 0.500. The lowest BCUT2D eigenvalue weighted by Gasteiger charge is -2.26. The number of aliphatic hydroxyl groups is 1. The van der Waals surface area contributed by atoms with E-state index in [1.807, 2.05) is 31.1 Å². The van der Waals surface area contributed by atoms with Gasteiger partial charge in [0.1, 0.15) is 0 Å². The quantitative estimate of drug-likeness (QED) is 0.850. The number of carbonyl (C=O) groups excluding carboxylic acids is 1. The molecule has 1 saturated heterocycles. The van der Waals surface area contributed by atoms with Crippen LogP contribution in [0.15, 0.2) is 24.3 Å². The Morgan fingerprint density at radius 2 is 2.04 bits per heavy atom. The molecular weight excluding hydrogens is 308 g/mol. The summed E-state index contributed by atoms with van der Waals surface area (Å²) in [4.78, 5) is 17.7. The SMILES string of the molecule is CN(C)C[C@@]1(O)CCN(C(=O)c2ccc(-c3nnn(C)n3)cc2)C1. The number of carbonyl (C=O) groups is 1. The Bertz CT molecular complexity index is 726. The Balaban J connectivity index is 1.70. The molecule has 0 radical (unpaired) electrons. The number of rotatable bonds is 4. The second-order valence-corrected chi connectivity index (χ2v) is 6.62. The zero-order valence-electron chi connectivity index (χ0n) is 14.2. The van der Waals surface area contributed by atoms with Crippen LogP contribution in [-0.4, -0.2) is 80.4 Å². The Labute approximate surface area is 140 Å². The number of β-amino-alcohol motifs (C(OH)–C–C–N with tert-alkyl or cyclic N) is 1. The van der Waals surface area contributed by atoms with Crippen LogP contribution >= 0.6 is 0 Å². The predicted molar refractivity (Wildman–Crippen MR) is 88.3 cm³/mol. The summed E-state index contributed by atoms with van der Waals surface area (Å²) < 4.78 is 0. The number of likely N-dealkylation sites (tertiary alicyclic amines) is 1. The minimum atomic E-state index is -0.831. The van der Waals surface area contributed by atoms with Gasteiger partial charge in [0, 0.05) is 24.2 Å². The average Bonchev–Trinajstić information content (AvgIpc) is 3.12. The van der Waals surface area contributed by atoms with Crippen molar-refractivity contribution in [3.63, 3.8) is 0 Å². The van der Waals surface area contributed by atoms with E-state index in [0.717, 1.165) is 5.56 Å². The van der Waals surface area contributed by atoms with Gasteiger partial charge >= 0.3 is 0 Å². The summed E-state index contributed by atoms with van der Waals surface area (Å²) in [5, 5.41) is 22.5.